The molecule has 3 heterocycles. The maximum Gasteiger partial charge on any atom is 0.330 e. The molecule has 89 heavy (non-hydrogen) atoms. The Morgan fingerprint density at radius 1 is 0.539 bits per heavy atom. The average molecular weight is 1320 g/mol. The summed E-state index contributed by atoms with van der Waals surface area (Å²) in [5.74, 6) is -19.1. The minimum Gasteiger partial charge on any atom is -0.299 e. The summed E-state index contributed by atoms with van der Waals surface area (Å²) in [7, 11) is -4.73. The number of barbiturate groups is 3. The molecule has 0 spiro atoms. The van der Waals surface area contributed by atoms with Crippen LogP contribution in [0.1, 0.15) is 125 Å². The smallest absolute Gasteiger partial charge is 0.299 e. The van der Waals surface area contributed by atoms with E-state index in [1.54, 1.807) is 62.3 Å². The number of hydrogen-bond acceptors (Lipinski definition) is 15. The van der Waals surface area contributed by atoms with E-state index >= 15 is 0 Å². The lowest BCUT2D eigenvalue weighted by Gasteiger charge is -2.30. The van der Waals surface area contributed by atoms with E-state index < -0.39 is 191 Å². The second kappa shape index (κ2) is 32.6. The highest BCUT2D eigenvalue weighted by Crippen LogP contribution is 2.27. The van der Waals surface area contributed by atoms with Crippen LogP contribution in [0.2, 0.25) is 0 Å². The van der Waals surface area contributed by atoms with Gasteiger partial charge in [-0.25, -0.2) is 62.8 Å². The summed E-state index contributed by atoms with van der Waals surface area (Å²) in [6.45, 7) is 19.5. The molecule has 486 valence electrons. The minimum atomic E-state index is -1.76. The van der Waals surface area contributed by atoms with Crippen LogP contribution >= 0.6 is 0 Å². The molecule has 33 heteroatoms. The molecule has 8 atom stereocenters. The third-order valence-electron chi connectivity index (χ3n) is 12.5. The summed E-state index contributed by atoms with van der Waals surface area (Å²) in [6, 6.07) is 4.54. The number of amides is 12. The van der Waals surface area contributed by atoms with E-state index in [2.05, 4.69) is 13.8 Å². The third kappa shape index (κ3) is 20.6. The predicted octanol–water partition coefficient (Wildman–Crippen LogP) is 5.21. The molecule has 3 fully saturated rings. The fraction of sp³-hybridized carbons (Fsp3) is 0.446. The van der Waals surface area contributed by atoms with Crippen molar-refractivity contribution >= 4 is 110 Å². The highest BCUT2D eigenvalue weighted by atomic mass is 32.2. The van der Waals surface area contributed by atoms with Gasteiger partial charge in [-0.15, -0.1) is 0 Å². The molecule has 3 unspecified atom stereocenters. The van der Waals surface area contributed by atoms with Gasteiger partial charge in [0.15, 0.2) is 70.0 Å². The second-order valence-electron chi connectivity index (χ2n) is 21.6. The van der Waals surface area contributed by atoms with Crippen molar-refractivity contribution in [3.8, 4) is 0 Å². The molecule has 3 aliphatic rings. The summed E-state index contributed by atoms with van der Waals surface area (Å²) in [5.41, 5.74) is 0.627. The first-order valence-electron chi connectivity index (χ1n) is 26.9. The van der Waals surface area contributed by atoms with Crippen LogP contribution in [0.3, 0.4) is 0 Å². The molecule has 6 rings (SSSR count). The van der Waals surface area contributed by atoms with E-state index in [1.807, 2.05) is 16.0 Å². The molecule has 12 amide bonds. The van der Waals surface area contributed by atoms with E-state index in [9.17, 15) is 96.5 Å². The van der Waals surface area contributed by atoms with Crippen molar-refractivity contribution in [3.05, 3.63) is 106 Å². The van der Waals surface area contributed by atoms with E-state index in [-0.39, 0.29) is 36.0 Å². The topological polar surface area (TPSA) is 338 Å². The summed E-state index contributed by atoms with van der Waals surface area (Å²) < 4.78 is 124. The fourth-order valence-electron chi connectivity index (χ4n) is 7.66. The number of nitrogens with one attached hydrogen (secondary N) is 5. The molecule has 0 aromatic heterocycles. The monoisotopic (exact) mass is 1320 g/mol. The molecule has 24 nitrogen and oxygen atoms in total. The number of hydrogen-bond donors (Lipinski definition) is 5. The lowest BCUT2D eigenvalue weighted by molar-refractivity contribution is -0.150. The van der Waals surface area contributed by atoms with Gasteiger partial charge in [-0.2, -0.15) is 4.40 Å². The molecule has 0 saturated carbocycles. The lowest BCUT2D eigenvalue weighted by Crippen LogP contribution is -2.59. The average Bonchev–Trinajstić information content (AvgIpc) is 3.42. The molecule has 3 aromatic rings. The van der Waals surface area contributed by atoms with Gasteiger partial charge in [-0.05, 0) is 136 Å². The van der Waals surface area contributed by atoms with Crippen LogP contribution in [0, 0.1) is 52.7 Å². The molecular formula is C56H67F6N9O15S3. The normalized spacial score (nSPS) is 18.9. The molecule has 5 N–H and O–H groups in total. The number of urea groups is 3. The number of carbonyl (C=O) groups excluding carboxylic acids is 12. The summed E-state index contributed by atoms with van der Waals surface area (Å²) in [4.78, 5) is 145. The van der Waals surface area contributed by atoms with Gasteiger partial charge in [0.2, 0.25) is 17.7 Å². The van der Waals surface area contributed by atoms with Crippen LogP contribution < -0.4 is 25.4 Å². The van der Waals surface area contributed by atoms with Crippen molar-refractivity contribution in [2.24, 2.45) is 22.2 Å². The lowest BCUT2D eigenvalue weighted by atomic mass is 9.92. The number of halogens is 6. The minimum absolute atomic E-state index is 0.0378. The zero-order valence-electron chi connectivity index (χ0n) is 50.2. The number of ketones is 3. The number of imide groups is 6. The van der Waals surface area contributed by atoms with Crippen molar-refractivity contribution in [2.75, 3.05) is 19.6 Å². The SMILES string of the molecule is CC(C)(C)[S@](=O)N=Cc1ccc(F)c(F)c1.CCN1C(=O)NC(=O)C(C(=O)C[C@@H](N[S@@](=O)C(C)(C)C)c2ccc(F)c(F)c2)C1=O.CCN1C(=O)NC(=O)C(C(=O)C[C@H](N[S@@](=O)C(C)C)c2ccc(F)c(F)c2)C1=O.CCN1C(=O)NC(=O)C(C(C)=O)C1=O. The molecule has 0 radical (unpaired) electrons. The van der Waals surface area contributed by atoms with Crippen molar-refractivity contribution in [1.29, 1.82) is 0 Å². The Kier molecular flexibility index (Phi) is 27.6. The molecular weight excluding hydrogens is 1250 g/mol. The van der Waals surface area contributed by atoms with E-state index in [0.717, 1.165) is 58.0 Å². The number of Topliss-reactive ketones (excluding diaryl/α,β-unsaturated/α-hetero) is 3. The van der Waals surface area contributed by atoms with Crippen molar-refractivity contribution < 1.29 is 96.5 Å². The maximum atomic E-state index is 13.7. The van der Waals surface area contributed by atoms with Crippen molar-refractivity contribution in [3.63, 3.8) is 0 Å². The summed E-state index contributed by atoms with van der Waals surface area (Å²) in [6.07, 6.45) is 0.269. The number of benzene rings is 3. The summed E-state index contributed by atoms with van der Waals surface area (Å²) >= 11 is 0. The standard InChI is InChI=1S/C19H23F2N3O5S.C18H21F2N3O5S.C11H13F2NOS.C8H10N2O4/c1-5-24-17(27)15(16(26)22-18(24)28)14(25)9-13(23-30(29)19(2,3)4)10-6-7-11(20)12(21)8-10;1-4-23-17(26)15(16(25)21-18(23)27)14(24)8-13(22-29(28)9(2)3)10-5-6-11(19)12(20)7-10;1-11(2,3)16(15)14-7-8-4-5-9(12)10(13)6-8;1-3-10-7(13)5(4(2)11)6(12)9-8(10)14/h6-8,13,15,23H,5,9H2,1-4H3,(H,22,26,28);5-7,9,13,15,22H,4,8H2,1-3H3,(H,21,25,27);4-7H,1-3H3;5H,3H2,1-2H3,(H,9,12,14)/t13-,15?,30+;13-,15?,29-;16-;/m100./s1. The highest BCUT2D eigenvalue weighted by molar-refractivity contribution is 7.85. The van der Waals surface area contributed by atoms with Crippen LogP contribution in [0.4, 0.5) is 40.7 Å². The van der Waals surface area contributed by atoms with E-state index in [0.29, 0.717) is 5.56 Å². The van der Waals surface area contributed by atoms with E-state index in [4.69, 9.17) is 0 Å². The quantitative estimate of drug-likeness (QED) is 0.0584. The summed E-state index contributed by atoms with van der Waals surface area (Å²) in [5, 5.41) is 5.49. The van der Waals surface area contributed by atoms with Gasteiger partial charge < -0.3 is 0 Å². The van der Waals surface area contributed by atoms with Gasteiger partial charge in [0.25, 0.3) is 17.7 Å². The molecule has 3 saturated heterocycles. The number of nitrogens with zero attached hydrogens (tertiary/aromatic N) is 4. The first kappa shape index (κ1) is 75.4. The first-order valence-corrected chi connectivity index (χ1v) is 30.4. The maximum absolute atomic E-state index is 13.7. The Bertz CT molecular complexity index is 3400. The molecule has 3 aromatic carbocycles. The van der Waals surface area contributed by atoms with Gasteiger partial charge in [0.1, 0.15) is 11.0 Å². The Hall–Kier alpha value is -7.88. The molecule has 0 aliphatic carbocycles. The first-order chi connectivity index (χ1) is 41.2. The Balaban J connectivity index is 0.000000326. The van der Waals surface area contributed by atoms with Gasteiger partial charge >= 0.3 is 18.1 Å². The van der Waals surface area contributed by atoms with Crippen LogP contribution in [0.5, 0.6) is 0 Å². The van der Waals surface area contributed by atoms with Gasteiger partial charge in [0, 0.05) is 43.9 Å². The van der Waals surface area contributed by atoms with E-state index in [1.165, 1.54) is 38.3 Å². The van der Waals surface area contributed by atoms with Crippen LogP contribution in [0.15, 0.2) is 59.0 Å². The van der Waals surface area contributed by atoms with Crippen LogP contribution in [-0.4, -0.2) is 139 Å². The van der Waals surface area contributed by atoms with Gasteiger partial charge in [0.05, 0.1) is 43.5 Å². The highest BCUT2D eigenvalue weighted by Gasteiger charge is 2.47. The molecule has 3 aliphatic heterocycles. The van der Waals surface area contributed by atoms with Gasteiger partial charge in [-0.3, -0.25) is 73.8 Å². The van der Waals surface area contributed by atoms with Gasteiger partial charge in [-0.1, -0.05) is 18.2 Å². The number of rotatable bonds is 19. The molecule has 0 bridgehead atoms. The number of carbonyl (C=O) groups is 12. The fourth-order valence-corrected chi connectivity index (χ4v) is 9.79. The van der Waals surface area contributed by atoms with Crippen molar-refractivity contribution in [2.45, 2.75) is 123 Å². The third-order valence-corrected chi connectivity index (χ3v) is 16.8. The predicted molar refractivity (Wildman–Crippen MR) is 311 cm³/mol. The largest absolute Gasteiger partial charge is 0.330 e. The Labute approximate surface area is 515 Å². The zero-order valence-corrected chi connectivity index (χ0v) is 52.6. The van der Waals surface area contributed by atoms with Crippen molar-refractivity contribution in [1.82, 2.24) is 40.1 Å². The Morgan fingerprint density at radius 3 is 1.21 bits per heavy atom. The second-order valence-corrected chi connectivity index (χ2v) is 27.3. The van der Waals surface area contributed by atoms with Crippen LogP contribution in [0.25, 0.3) is 0 Å². The van der Waals surface area contributed by atoms with Crippen LogP contribution in [-0.2, 0) is 76.1 Å². The Morgan fingerprint density at radius 2 is 0.888 bits per heavy atom. The zero-order chi connectivity index (χ0) is 67.9.